The minimum absolute atomic E-state index is 0.592. The van der Waals surface area contributed by atoms with Crippen molar-refractivity contribution in [2.24, 2.45) is 5.92 Å². The number of hydrogen-bond acceptors (Lipinski definition) is 0. The van der Waals surface area contributed by atoms with Crippen LogP contribution in [-0.2, 0) is 12.8 Å². The molecule has 20 heavy (non-hydrogen) atoms. The minimum Gasteiger partial charge on any atom is -0.0925 e. The first-order chi connectivity index (χ1) is 9.56. The van der Waals surface area contributed by atoms with Gasteiger partial charge in [-0.3, -0.25) is 0 Å². The van der Waals surface area contributed by atoms with Crippen molar-refractivity contribution in [3.8, 4) is 0 Å². The Hall–Kier alpha value is -0.790. The van der Waals surface area contributed by atoms with E-state index in [1.165, 1.54) is 22.3 Å². The second-order valence-electron chi connectivity index (χ2n) is 5.55. The molecule has 2 aromatic carbocycles. The third kappa shape index (κ3) is 4.64. The van der Waals surface area contributed by atoms with E-state index in [2.05, 4.69) is 60.1 Å². The molecule has 0 aliphatic carbocycles. The van der Waals surface area contributed by atoms with E-state index < -0.39 is 0 Å². The Bertz CT molecular complexity index is 557. The van der Waals surface area contributed by atoms with Crippen molar-refractivity contribution in [2.75, 3.05) is 5.33 Å². The van der Waals surface area contributed by atoms with E-state index in [4.69, 9.17) is 11.6 Å². The van der Waals surface area contributed by atoms with Crippen LogP contribution in [-0.4, -0.2) is 5.33 Å². The maximum absolute atomic E-state index is 6.06. The molecule has 106 valence electrons. The molecule has 0 aliphatic heterocycles. The summed E-state index contributed by atoms with van der Waals surface area (Å²) in [6.45, 7) is 4.33. The fourth-order valence-electron chi connectivity index (χ4n) is 2.70. The number of halogens is 2. The summed E-state index contributed by atoms with van der Waals surface area (Å²) in [4.78, 5) is 0. The highest BCUT2D eigenvalue weighted by Gasteiger charge is 2.10. The highest BCUT2D eigenvalue weighted by Crippen LogP contribution is 2.20. The zero-order chi connectivity index (χ0) is 14.5. The average molecular weight is 352 g/mol. The summed E-state index contributed by atoms with van der Waals surface area (Å²) >= 11 is 9.71. The van der Waals surface area contributed by atoms with E-state index in [1.807, 2.05) is 12.1 Å². The summed E-state index contributed by atoms with van der Waals surface area (Å²) < 4.78 is 0. The average Bonchev–Trinajstić information content (AvgIpc) is 2.36. The zero-order valence-corrected chi connectivity index (χ0v) is 14.3. The maximum Gasteiger partial charge on any atom is 0.0408 e. The molecule has 0 heterocycles. The van der Waals surface area contributed by atoms with Crippen molar-refractivity contribution in [3.63, 3.8) is 0 Å². The maximum atomic E-state index is 6.06. The Morgan fingerprint density at radius 1 is 0.950 bits per heavy atom. The third-order valence-electron chi connectivity index (χ3n) is 3.44. The van der Waals surface area contributed by atoms with Gasteiger partial charge in [0.1, 0.15) is 0 Å². The van der Waals surface area contributed by atoms with E-state index >= 15 is 0 Å². The van der Waals surface area contributed by atoms with Gasteiger partial charge in [0.2, 0.25) is 0 Å². The Labute approximate surface area is 135 Å². The van der Waals surface area contributed by atoms with Gasteiger partial charge in [-0.1, -0.05) is 69.0 Å². The lowest BCUT2D eigenvalue weighted by Crippen LogP contribution is -2.10. The van der Waals surface area contributed by atoms with E-state index in [9.17, 15) is 0 Å². The van der Waals surface area contributed by atoms with Crippen LogP contribution in [0.3, 0.4) is 0 Å². The monoisotopic (exact) mass is 350 g/mol. The van der Waals surface area contributed by atoms with E-state index in [1.54, 1.807) is 0 Å². The lowest BCUT2D eigenvalue weighted by molar-refractivity contribution is 0.591. The Morgan fingerprint density at radius 3 is 2.20 bits per heavy atom. The molecule has 2 heteroatoms. The summed E-state index contributed by atoms with van der Waals surface area (Å²) in [5.74, 6) is 0.592. The topological polar surface area (TPSA) is 0 Å². The van der Waals surface area contributed by atoms with Crippen LogP contribution >= 0.6 is 27.5 Å². The van der Waals surface area contributed by atoms with Crippen LogP contribution in [0.15, 0.2) is 42.5 Å². The SMILES string of the molecule is Cc1cc(C)cc(CC(CBr)Cc2cccc(Cl)c2)c1. The van der Waals surface area contributed by atoms with Gasteiger partial charge in [-0.2, -0.15) is 0 Å². The second kappa shape index (κ2) is 7.28. The van der Waals surface area contributed by atoms with Crippen molar-refractivity contribution in [3.05, 3.63) is 69.7 Å². The van der Waals surface area contributed by atoms with Crippen LogP contribution in [0.2, 0.25) is 5.02 Å². The normalized spacial score (nSPS) is 12.4. The summed E-state index contributed by atoms with van der Waals surface area (Å²) in [6, 6.07) is 15.0. The summed E-state index contributed by atoms with van der Waals surface area (Å²) in [5, 5.41) is 1.83. The molecule has 0 aliphatic rings. The number of benzene rings is 2. The van der Waals surface area contributed by atoms with Gasteiger partial charge in [0, 0.05) is 10.4 Å². The number of rotatable bonds is 5. The number of aryl methyl sites for hydroxylation is 2. The highest BCUT2D eigenvalue weighted by atomic mass is 79.9. The van der Waals surface area contributed by atoms with E-state index in [0.29, 0.717) is 5.92 Å². The van der Waals surface area contributed by atoms with Crippen LogP contribution in [0.1, 0.15) is 22.3 Å². The van der Waals surface area contributed by atoms with Gasteiger partial charge in [0.25, 0.3) is 0 Å². The molecule has 1 atom stereocenters. The van der Waals surface area contributed by atoms with Crippen molar-refractivity contribution in [1.29, 1.82) is 0 Å². The summed E-state index contributed by atoms with van der Waals surface area (Å²) in [7, 11) is 0. The van der Waals surface area contributed by atoms with Gasteiger partial charge in [-0.15, -0.1) is 0 Å². The van der Waals surface area contributed by atoms with Crippen LogP contribution in [0, 0.1) is 19.8 Å². The van der Waals surface area contributed by atoms with Gasteiger partial charge in [0.05, 0.1) is 0 Å². The summed E-state index contributed by atoms with van der Waals surface area (Å²) in [6.07, 6.45) is 2.15. The van der Waals surface area contributed by atoms with Gasteiger partial charge in [-0.25, -0.2) is 0 Å². The van der Waals surface area contributed by atoms with Crippen LogP contribution in [0.25, 0.3) is 0 Å². The predicted octanol–water partition coefficient (Wildman–Crippen LogP) is 5.75. The Kier molecular flexibility index (Phi) is 5.68. The largest absolute Gasteiger partial charge is 0.0925 e. The number of alkyl halides is 1. The molecule has 2 rings (SSSR count). The first-order valence-corrected chi connectivity index (χ1v) is 8.44. The molecule has 0 bridgehead atoms. The molecular formula is C18H20BrCl. The van der Waals surface area contributed by atoms with Crippen molar-refractivity contribution in [1.82, 2.24) is 0 Å². The Morgan fingerprint density at radius 2 is 1.60 bits per heavy atom. The summed E-state index contributed by atoms with van der Waals surface area (Å²) in [5.41, 5.74) is 5.42. The van der Waals surface area contributed by atoms with E-state index in [-0.39, 0.29) is 0 Å². The molecule has 0 N–H and O–H groups in total. The van der Waals surface area contributed by atoms with Gasteiger partial charge >= 0.3 is 0 Å². The molecule has 0 spiro atoms. The number of hydrogen-bond donors (Lipinski definition) is 0. The van der Waals surface area contributed by atoms with E-state index in [0.717, 1.165) is 23.2 Å². The smallest absolute Gasteiger partial charge is 0.0408 e. The lowest BCUT2D eigenvalue weighted by atomic mass is 9.93. The molecule has 2 aromatic rings. The molecule has 0 fully saturated rings. The van der Waals surface area contributed by atoms with Crippen LogP contribution in [0.4, 0.5) is 0 Å². The molecule has 0 aromatic heterocycles. The van der Waals surface area contributed by atoms with Crippen molar-refractivity contribution < 1.29 is 0 Å². The third-order valence-corrected chi connectivity index (χ3v) is 4.59. The van der Waals surface area contributed by atoms with Gasteiger partial charge in [0.15, 0.2) is 0 Å². The molecule has 1 unspecified atom stereocenters. The fourth-order valence-corrected chi connectivity index (χ4v) is 3.37. The molecular weight excluding hydrogens is 332 g/mol. The zero-order valence-electron chi connectivity index (χ0n) is 12.0. The molecule has 0 amide bonds. The predicted molar refractivity (Wildman–Crippen MR) is 92.1 cm³/mol. The van der Waals surface area contributed by atoms with Crippen LogP contribution < -0.4 is 0 Å². The minimum atomic E-state index is 0.592. The quantitative estimate of drug-likeness (QED) is 0.601. The van der Waals surface area contributed by atoms with Gasteiger partial charge in [-0.05, 0) is 55.9 Å². The fraction of sp³-hybridized carbons (Fsp3) is 0.333. The van der Waals surface area contributed by atoms with Crippen LogP contribution in [0.5, 0.6) is 0 Å². The molecule has 0 saturated carbocycles. The molecule has 0 saturated heterocycles. The lowest BCUT2D eigenvalue weighted by Gasteiger charge is -2.15. The van der Waals surface area contributed by atoms with Crippen molar-refractivity contribution >= 4 is 27.5 Å². The second-order valence-corrected chi connectivity index (χ2v) is 6.64. The first-order valence-electron chi connectivity index (χ1n) is 6.94. The standard InChI is InChI=1S/C18H20BrCl/c1-13-6-14(2)8-16(7-13)10-17(12-19)9-15-4-3-5-18(20)11-15/h3-8,11,17H,9-10,12H2,1-2H3. The Balaban J connectivity index is 2.09. The van der Waals surface area contributed by atoms with Crippen molar-refractivity contribution in [2.45, 2.75) is 26.7 Å². The van der Waals surface area contributed by atoms with Gasteiger partial charge < -0.3 is 0 Å². The molecule has 0 radical (unpaired) electrons. The molecule has 0 nitrogen and oxygen atoms in total. The first kappa shape index (κ1) is 15.6. The highest BCUT2D eigenvalue weighted by molar-refractivity contribution is 9.09.